The van der Waals surface area contributed by atoms with Gasteiger partial charge in [0.15, 0.2) is 5.78 Å². The summed E-state index contributed by atoms with van der Waals surface area (Å²) in [4.78, 5) is 36.8. The quantitative estimate of drug-likeness (QED) is 0.321. The standard InChI is InChI=1S/C36H54O5/c1-21-22(2)31-27-11-12-29-33(8)15-14-30(41-25(5)39)32(6,7)28(33)13-16-35(29,10)34(27,9)17-18-36(31,20-40-24(4)38)19-26(21)23(3)37/h14,22,27-29,31H,11-13,15-20H2,1-10H3/t22-,27+,28-,29+,31+,33-,34+,35+,36-/m0/s1. The van der Waals surface area contributed by atoms with E-state index in [1.165, 1.54) is 38.7 Å². The minimum atomic E-state index is -0.224. The van der Waals surface area contributed by atoms with Crippen LogP contribution in [0.1, 0.15) is 121 Å². The molecule has 0 heterocycles. The number of ketones is 1. The first-order chi connectivity index (χ1) is 18.9. The number of hydrogen-bond donors (Lipinski definition) is 0. The van der Waals surface area contributed by atoms with Crippen LogP contribution in [0.15, 0.2) is 23.0 Å². The van der Waals surface area contributed by atoms with E-state index in [0.29, 0.717) is 30.3 Å². The Labute approximate surface area is 248 Å². The molecule has 0 saturated heterocycles. The molecule has 0 N–H and O–H groups in total. The van der Waals surface area contributed by atoms with Gasteiger partial charge in [-0.25, -0.2) is 0 Å². The Kier molecular flexibility index (Phi) is 7.31. The van der Waals surface area contributed by atoms with Gasteiger partial charge in [-0.2, -0.15) is 0 Å². The smallest absolute Gasteiger partial charge is 0.307 e. The second-order valence-electron chi connectivity index (χ2n) is 16.1. The van der Waals surface area contributed by atoms with E-state index in [0.717, 1.165) is 43.4 Å². The minimum absolute atomic E-state index is 0.149. The molecule has 0 amide bonds. The van der Waals surface area contributed by atoms with Crippen LogP contribution in [0, 0.1) is 56.7 Å². The SMILES string of the molecule is CC(=O)OC[C@@]12CC[C@]3(C)[C@H](CC[C@@H]4[C@@]5(C)CC=C(OC(C)=O)C(C)(C)[C@@H]5CC[C@]43C)[C@H]1[C@@H](C)C(C)=C(C(C)=O)C2. The third-order valence-electron chi connectivity index (χ3n) is 14.2. The van der Waals surface area contributed by atoms with Crippen LogP contribution in [0.5, 0.6) is 0 Å². The van der Waals surface area contributed by atoms with Crippen molar-refractivity contribution in [2.24, 2.45) is 56.7 Å². The molecule has 0 aliphatic heterocycles. The maximum atomic E-state index is 12.8. The number of carbonyl (C=O) groups excluding carboxylic acids is 3. The summed E-state index contributed by atoms with van der Waals surface area (Å²) in [6.07, 6.45) is 10.8. The number of allylic oxidation sites excluding steroid dienone is 4. The molecule has 0 unspecified atom stereocenters. The largest absolute Gasteiger partial charge is 0.465 e. The van der Waals surface area contributed by atoms with Crippen LogP contribution in [-0.2, 0) is 23.9 Å². The van der Waals surface area contributed by atoms with Gasteiger partial charge in [-0.05, 0) is 123 Å². The summed E-state index contributed by atoms with van der Waals surface area (Å²) in [5.74, 6) is 2.86. The zero-order chi connectivity index (χ0) is 30.3. The van der Waals surface area contributed by atoms with Crippen molar-refractivity contribution >= 4 is 17.7 Å². The fourth-order valence-corrected chi connectivity index (χ4v) is 12.0. The van der Waals surface area contributed by atoms with E-state index in [1.807, 2.05) is 0 Å². The molecule has 228 valence electrons. The Morgan fingerprint density at radius 3 is 2.17 bits per heavy atom. The zero-order valence-electron chi connectivity index (χ0n) is 27.4. The molecule has 3 fully saturated rings. The van der Waals surface area contributed by atoms with Crippen LogP contribution in [0.3, 0.4) is 0 Å². The monoisotopic (exact) mass is 566 g/mol. The predicted octanol–water partition coefficient (Wildman–Crippen LogP) is 8.22. The number of Topliss-reactive ketones (excluding diaryl/α,β-unsaturated/α-hetero) is 1. The maximum absolute atomic E-state index is 12.8. The Balaban J connectivity index is 1.55. The van der Waals surface area contributed by atoms with Crippen molar-refractivity contribution in [1.29, 1.82) is 0 Å². The van der Waals surface area contributed by atoms with Gasteiger partial charge in [-0.1, -0.05) is 47.1 Å². The second kappa shape index (κ2) is 9.81. The van der Waals surface area contributed by atoms with Crippen molar-refractivity contribution in [3.63, 3.8) is 0 Å². The lowest BCUT2D eigenvalue weighted by Crippen LogP contribution is -2.66. The molecule has 0 spiro atoms. The fraction of sp³-hybridized carbons (Fsp3) is 0.806. The molecule has 3 saturated carbocycles. The molecule has 9 atom stereocenters. The van der Waals surface area contributed by atoms with Gasteiger partial charge in [-0.3, -0.25) is 14.4 Å². The fourth-order valence-electron chi connectivity index (χ4n) is 12.0. The molecule has 0 aromatic heterocycles. The van der Waals surface area contributed by atoms with E-state index >= 15 is 0 Å². The van der Waals surface area contributed by atoms with E-state index in [1.54, 1.807) is 6.92 Å². The van der Waals surface area contributed by atoms with Gasteiger partial charge in [0, 0.05) is 24.7 Å². The van der Waals surface area contributed by atoms with Crippen molar-refractivity contribution in [3.05, 3.63) is 23.0 Å². The summed E-state index contributed by atoms with van der Waals surface area (Å²) in [7, 11) is 0. The highest BCUT2D eigenvalue weighted by Gasteiger charge is 2.70. The molecular formula is C36H54O5. The molecule has 5 rings (SSSR count). The van der Waals surface area contributed by atoms with Gasteiger partial charge in [0.1, 0.15) is 5.76 Å². The lowest BCUT2D eigenvalue weighted by molar-refractivity contribution is -0.240. The van der Waals surface area contributed by atoms with Crippen LogP contribution < -0.4 is 0 Å². The molecular weight excluding hydrogens is 512 g/mol. The molecule has 41 heavy (non-hydrogen) atoms. The van der Waals surface area contributed by atoms with Gasteiger partial charge in [0.05, 0.1) is 6.61 Å². The molecule has 0 radical (unpaired) electrons. The first kappa shape index (κ1) is 30.5. The number of fused-ring (bicyclic) bond motifs is 7. The lowest BCUT2D eigenvalue weighted by Gasteiger charge is -2.73. The van der Waals surface area contributed by atoms with Crippen LogP contribution in [-0.4, -0.2) is 24.3 Å². The van der Waals surface area contributed by atoms with Gasteiger partial charge in [0.2, 0.25) is 0 Å². The number of rotatable bonds is 4. The molecule has 5 heteroatoms. The van der Waals surface area contributed by atoms with Crippen molar-refractivity contribution < 1.29 is 23.9 Å². The molecule has 0 aromatic rings. The first-order valence-electron chi connectivity index (χ1n) is 16.2. The Morgan fingerprint density at radius 1 is 0.878 bits per heavy atom. The molecule has 0 bridgehead atoms. The third-order valence-corrected chi connectivity index (χ3v) is 14.2. The Bertz CT molecular complexity index is 1210. The summed E-state index contributed by atoms with van der Waals surface area (Å²) >= 11 is 0. The van der Waals surface area contributed by atoms with Crippen LogP contribution in [0.4, 0.5) is 0 Å². The number of ether oxygens (including phenoxy) is 2. The van der Waals surface area contributed by atoms with E-state index in [2.05, 4.69) is 54.5 Å². The van der Waals surface area contributed by atoms with Gasteiger partial charge in [0.25, 0.3) is 0 Å². The molecule has 0 aromatic carbocycles. The van der Waals surface area contributed by atoms with Gasteiger partial charge >= 0.3 is 11.9 Å². The van der Waals surface area contributed by atoms with E-state index in [-0.39, 0.29) is 50.7 Å². The Hall–Kier alpha value is -1.91. The number of esters is 2. The number of hydrogen-bond acceptors (Lipinski definition) is 5. The van der Waals surface area contributed by atoms with Crippen molar-refractivity contribution in [1.82, 2.24) is 0 Å². The summed E-state index contributed by atoms with van der Waals surface area (Å²) in [5.41, 5.74) is 2.38. The highest BCUT2D eigenvalue weighted by atomic mass is 16.5. The van der Waals surface area contributed by atoms with Crippen molar-refractivity contribution in [2.75, 3.05) is 6.61 Å². The lowest BCUT2D eigenvalue weighted by atomic mass is 9.31. The average Bonchev–Trinajstić information content (AvgIpc) is 2.87. The zero-order valence-corrected chi connectivity index (χ0v) is 27.4. The summed E-state index contributed by atoms with van der Waals surface area (Å²) < 4.78 is 11.6. The normalized spacial score (nSPS) is 44.8. The second-order valence-corrected chi connectivity index (χ2v) is 16.1. The Morgan fingerprint density at radius 2 is 1.56 bits per heavy atom. The van der Waals surface area contributed by atoms with E-state index in [9.17, 15) is 14.4 Å². The highest BCUT2D eigenvalue weighted by molar-refractivity contribution is 5.94. The van der Waals surface area contributed by atoms with E-state index < -0.39 is 0 Å². The molecule has 5 aliphatic carbocycles. The summed E-state index contributed by atoms with van der Waals surface area (Å²) in [6.45, 7) is 22.0. The summed E-state index contributed by atoms with van der Waals surface area (Å²) in [6, 6.07) is 0. The average molecular weight is 567 g/mol. The predicted molar refractivity (Wildman–Crippen MR) is 160 cm³/mol. The van der Waals surface area contributed by atoms with Crippen molar-refractivity contribution in [3.8, 4) is 0 Å². The highest BCUT2D eigenvalue weighted by Crippen LogP contribution is 2.77. The minimum Gasteiger partial charge on any atom is -0.465 e. The van der Waals surface area contributed by atoms with Crippen LogP contribution >= 0.6 is 0 Å². The van der Waals surface area contributed by atoms with Gasteiger partial charge in [-0.15, -0.1) is 0 Å². The first-order valence-corrected chi connectivity index (χ1v) is 16.2. The molecule has 5 aliphatic rings. The van der Waals surface area contributed by atoms with E-state index in [4.69, 9.17) is 9.47 Å². The number of carbonyl (C=O) groups is 3. The molecule has 5 nitrogen and oxygen atoms in total. The topological polar surface area (TPSA) is 69.7 Å². The van der Waals surface area contributed by atoms with Crippen molar-refractivity contribution in [2.45, 2.75) is 121 Å². The summed E-state index contributed by atoms with van der Waals surface area (Å²) in [5, 5.41) is 0. The van der Waals surface area contributed by atoms with Crippen LogP contribution in [0.25, 0.3) is 0 Å². The maximum Gasteiger partial charge on any atom is 0.307 e. The van der Waals surface area contributed by atoms with Crippen LogP contribution in [0.2, 0.25) is 0 Å². The van der Waals surface area contributed by atoms with Gasteiger partial charge < -0.3 is 9.47 Å². The third kappa shape index (κ3) is 4.25.